The van der Waals surface area contributed by atoms with Gasteiger partial charge in [-0.15, -0.1) is 0 Å². The third-order valence-corrected chi connectivity index (χ3v) is 6.08. The number of rotatable bonds is 4. The number of hydrogen-bond donors (Lipinski definition) is 0. The summed E-state index contributed by atoms with van der Waals surface area (Å²) < 4.78 is 20.8. The van der Waals surface area contributed by atoms with Crippen molar-refractivity contribution in [3.05, 3.63) is 52.8 Å². The molecule has 4 rings (SSSR count). The fourth-order valence-corrected chi connectivity index (χ4v) is 4.56. The molecule has 1 saturated heterocycles. The second kappa shape index (κ2) is 7.93. The van der Waals surface area contributed by atoms with E-state index >= 15 is 0 Å². The van der Waals surface area contributed by atoms with E-state index in [1.54, 1.807) is 16.2 Å². The summed E-state index contributed by atoms with van der Waals surface area (Å²) in [5.41, 5.74) is 0.806. The summed E-state index contributed by atoms with van der Waals surface area (Å²) in [5.74, 6) is -0.175. The van der Waals surface area contributed by atoms with Gasteiger partial charge in [-0.1, -0.05) is 35.1 Å². The first kappa shape index (κ1) is 19.0. The third kappa shape index (κ3) is 3.52. The summed E-state index contributed by atoms with van der Waals surface area (Å²) >= 11 is 7.64. The lowest BCUT2D eigenvalue weighted by Gasteiger charge is -2.34. The summed E-state index contributed by atoms with van der Waals surface area (Å²) in [6, 6.07) is 10.2. The third-order valence-electron chi connectivity index (χ3n) is 4.68. The monoisotopic (exact) mass is 419 g/mol. The molecule has 0 unspecified atom stereocenters. The molecule has 1 aliphatic rings. The van der Waals surface area contributed by atoms with E-state index in [2.05, 4.69) is 4.90 Å². The number of aromatic nitrogens is 1. The van der Waals surface area contributed by atoms with E-state index in [4.69, 9.17) is 21.3 Å². The number of carbonyl (C=O) groups excluding carboxylic acids is 1. The number of ether oxygens (including phenoxy) is 1. The Kier molecular flexibility index (Phi) is 5.37. The number of benzene rings is 2. The van der Waals surface area contributed by atoms with Crippen LogP contribution in [0.15, 0.2) is 36.4 Å². The van der Waals surface area contributed by atoms with Crippen molar-refractivity contribution in [2.45, 2.75) is 6.92 Å². The highest BCUT2D eigenvalue weighted by Crippen LogP contribution is 2.34. The van der Waals surface area contributed by atoms with Crippen molar-refractivity contribution in [3.63, 3.8) is 0 Å². The van der Waals surface area contributed by atoms with E-state index in [0.29, 0.717) is 32.8 Å². The minimum absolute atomic E-state index is 0.0565. The molecule has 8 heteroatoms. The summed E-state index contributed by atoms with van der Waals surface area (Å²) in [7, 11) is 0. The number of amides is 1. The normalized spacial score (nSPS) is 14.5. The van der Waals surface area contributed by atoms with Crippen LogP contribution in [0.2, 0.25) is 5.02 Å². The van der Waals surface area contributed by atoms with Gasteiger partial charge in [-0.05, 0) is 31.2 Å². The van der Waals surface area contributed by atoms with Crippen LogP contribution in [0.5, 0.6) is 5.75 Å². The van der Waals surface area contributed by atoms with E-state index in [1.807, 2.05) is 25.1 Å². The number of anilines is 1. The van der Waals surface area contributed by atoms with Gasteiger partial charge in [0.05, 0.1) is 21.9 Å². The Labute approximate surface area is 171 Å². The molecule has 1 fully saturated rings. The maximum atomic E-state index is 14.1. The van der Waals surface area contributed by atoms with Crippen LogP contribution < -0.4 is 9.64 Å². The highest BCUT2D eigenvalue weighted by Gasteiger charge is 2.27. The molecule has 28 heavy (non-hydrogen) atoms. The van der Waals surface area contributed by atoms with Crippen LogP contribution in [0.1, 0.15) is 17.3 Å². The van der Waals surface area contributed by atoms with Crippen molar-refractivity contribution < 1.29 is 13.9 Å². The topological polar surface area (TPSA) is 45.7 Å². The number of piperazine rings is 1. The molecule has 3 aromatic rings. The predicted molar refractivity (Wildman–Crippen MR) is 110 cm³/mol. The Morgan fingerprint density at radius 1 is 1.21 bits per heavy atom. The lowest BCUT2D eigenvalue weighted by molar-refractivity contribution is 0.0742. The van der Waals surface area contributed by atoms with Gasteiger partial charge < -0.3 is 14.5 Å². The molecule has 1 aromatic heterocycles. The lowest BCUT2D eigenvalue weighted by atomic mass is 10.1. The van der Waals surface area contributed by atoms with Gasteiger partial charge in [0.15, 0.2) is 5.13 Å². The smallest absolute Gasteiger partial charge is 0.258 e. The number of thiazole rings is 1. The van der Waals surface area contributed by atoms with Gasteiger partial charge >= 0.3 is 0 Å². The minimum atomic E-state index is -0.588. The molecule has 146 valence electrons. The zero-order valence-electron chi connectivity index (χ0n) is 15.3. The first-order chi connectivity index (χ1) is 13.6. The van der Waals surface area contributed by atoms with Gasteiger partial charge in [0, 0.05) is 26.2 Å². The van der Waals surface area contributed by atoms with Crippen LogP contribution in [0.3, 0.4) is 0 Å². The second-order valence-corrected chi connectivity index (χ2v) is 7.82. The fourth-order valence-electron chi connectivity index (χ4n) is 3.28. The van der Waals surface area contributed by atoms with Crippen LogP contribution in [0.25, 0.3) is 10.2 Å². The van der Waals surface area contributed by atoms with Gasteiger partial charge in [-0.3, -0.25) is 4.79 Å². The van der Waals surface area contributed by atoms with Gasteiger partial charge in [-0.25, -0.2) is 9.37 Å². The van der Waals surface area contributed by atoms with E-state index in [9.17, 15) is 9.18 Å². The molecule has 0 bridgehead atoms. The Morgan fingerprint density at radius 2 is 1.96 bits per heavy atom. The molecule has 1 aliphatic heterocycles. The molecule has 0 atom stereocenters. The quantitative estimate of drug-likeness (QED) is 0.626. The highest BCUT2D eigenvalue weighted by molar-refractivity contribution is 7.22. The molecular formula is C20H19ClFN3O2S. The Balaban J connectivity index is 1.49. The molecule has 0 saturated carbocycles. The molecule has 0 spiro atoms. The Hall–Kier alpha value is -2.38. The first-order valence-corrected chi connectivity index (χ1v) is 10.3. The Bertz CT molecular complexity index is 998. The summed E-state index contributed by atoms with van der Waals surface area (Å²) in [4.78, 5) is 21.2. The SMILES string of the molecule is CCOc1cccc2sc(N3CCN(C(=O)c4c(F)cccc4Cl)CC3)nc12. The fraction of sp³-hybridized carbons (Fsp3) is 0.300. The summed E-state index contributed by atoms with van der Waals surface area (Å²) in [5, 5.41) is 1.04. The van der Waals surface area contributed by atoms with E-state index < -0.39 is 5.82 Å². The standard InChI is InChI=1S/C20H19ClFN3O2S/c1-2-27-15-7-4-8-16-18(15)23-20(28-16)25-11-9-24(10-12-25)19(26)17-13(21)5-3-6-14(17)22/h3-8H,2,9-12H2,1H3. The van der Waals surface area contributed by atoms with Crippen molar-refractivity contribution in [2.24, 2.45) is 0 Å². The molecular weight excluding hydrogens is 401 g/mol. The number of carbonyl (C=O) groups is 1. The van der Waals surface area contributed by atoms with Crippen molar-refractivity contribution in [1.29, 1.82) is 0 Å². The van der Waals surface area contributed by atoms with Crippen molar-refractivity contribution in [3.8, 4) is 5.75 Å². The average Bonchev–Trinajstić information content (AvgIpc) is 3.13. The van der Waals surface area contributed by atoms with Gasteiger partial charge in [-0.2, -0.15) is 0 Å². The predicted octanol–water partition coefficient (Wildman–Crippen LogP) is 4.45. The van der Waals surface area contributed by atoms with Crippen molar-refractivity contribution in [2.75, 3.05) is 37.7 Å². The maximum Gasteiger partial charge on any atom is 0.258 e. The van der Waals surface area contributed by atoms with Crippen LogP contribution in [0, 0.1) is 5.82 Å². The molecule has 0 radical (unpaired) electrons. The van der Waals surface area contributed by atoms with Crippen LogP contribution in [-0.2, 0) is 0 Å². The zero-order valence-corrected chi connectivity index (χ0v) is 16.9. The Morgan fingerprint density at radius 3 is 2.68 bits per heavy atom. The van der Waals surface area contributed by atoms with Gasteiger partial charge in [0.2, 0.25) is 0 Å². The lowest BCUT2D eigenvalue weighted by Crippen LogP contribution is -2.49. The second-order valence-electron chi connectivity index (χ2n) is 6.41. The van der Waals surface area contributed by atoms with Crippen LogP contribution >= 0.6 is 22.9 Å². The largest absolute Gasteiger partial charge is 0.492 e. The van der Waals surface area contributed by atoms with E-state index in [1.165, 1.54) is 18.2 Å². The average molecular weight is 420 g/mol. The van der Waals surface area contributed by atoms with Crippen molar-refractivity contribution >= 4 is 44.2 Å². The van der Waals surface area contributed by atoms with Crippen LogP contribution in [0.4, 0.5) is 9.52 Å². The van der Waals surface area contributed by atoms with E-state index in [0.717, 1.165) is 21.1 Å². The number of halogens is 2. The molecule has 2 heterocycles. The molecule has 0 N–H and O–H groups in total. The number of hydrogen-bond acceptors (Lipinski definition) is 5. The highest BCUT2D eigenvalue weighted by atomic mass is 35.5. The number of nitrogens with zero attached hydrogens (tertiary/aromatic N) is 3. The molecule has 5 nitrogen and oxygen atoms in total. The molecule has 0 aliphatic carbocycles. The molecule has 1 amide bonds. The summed E-state index contributed by atoms with van der Waals surface area (Å²) in [6.07, 6.45) is 0. The molecule has 2 aromatic carbocycles. The van der Waals surface area contributed by atoms with Gasteiger partial charge in [0.1, 0.15) is 17.1 Å². The first-order valence-electron chi connectivity index (χ1n) is 9.09. The van der Waals surface area contributed by atoms with Crippen molar-refractivity contribution in [1.82, 2.24) is 9.88 Å². The minimum Gasteiger partial charge on any atom is -0.492 e. The van der Waals surface area contributed by atoms with Crippen LogP contribution in [-0.4, -0.2) is 48.6 Å². The maximum absolute atomic E-state index is 14.1. The summed E-state index contributed by atoms with van der Waals surface area (Å²) in [6.45, 7) is 4.76. The van der Waals surface area contributed by atoms with Gasteiger partial charge in [0.25, 0.3) is 5.91 Å². The van der Waals surface area contributed by atoms with E-state index in [-0.39, 0.29) is 16.5 Å². The zero-order chi connectivity index (χ0) is 19.7. The number of para-hydroxylation sites is 1. The number of fused-ring (bicyclic) bond motifs is 1.